The normalized spacial score (nSPS) is 12.0. The van der Waals surface area contributed by atoms with Gasteiger partial charge in [-0.25, -0.2) is 0 Å². The molecular formula is C18H21N3. The summed E-state index contributed by atoms with van der Waals surface area (Å²) >= 11 is 0. The fraction of sp³-hybridized carbons (Fsp3) is 0.278. The summed E-state index contributed by atoms with van der Waals surface area (Å²) in [6, 6.07) is 18.5. The third kappa shape index (κ3) is 4.34. The van der Waals surface area contributed by atoms with Gasteiger partial charge in [-0.3, -0.25) is 0 Å². The van der Waals surface area contributed by atoms with E-state index in [1.807, 2.05) is 24.3 Å². The van der Waals surface area contributed by atoms with Crippen molar-refractivity contribution in [3.63, 3.8) is 0 Å². The predicted octanol–water partition coefficient (Wildman–Crippen LogP) is 3.79. The number of nitriles is 1. The van der Waals surface area contributed by atoms with Gasteiger partial charge >= 0.3 is 0 Å². The van der Waals surface area contributed by atoms with Crippen LogP contribution in [0.1, 0.15) is 29.7 Å². The number of anilines is 1. The van der Waals surface area contributed by atoms with Crippen molar-refractivity contribution in [2.45, 2.75) is 19.5 Å². The van der Waals surface area contributed by atoms with Crippen molar-refractivity contribution in [2.24, 2.45) is 0 Å². The van der Waals surface area contributed by atoms with Crippen LogP contribution in [0.2, 0.25) is 0 Å². The van der Waals surface area contributed by atoms with Crippen molar-refractivity contribution in [2.75, 3.05) is 19.4 Å². The van der Waals surface area contributed by atoms with Crippen molar-refractivity contribution in [1.82, 2.24) is 4.90 Å². The average Bonchev–Trinajstić information content (AvgIpc) is 2.47. The summed E-state index contributed by atoms with van der Waals surface area (Å²) in [4.78, 5) is 2.16. The second-order valence-corrected chi connectivity index (χ2v) is 5.54. The number of hydrogen-bond donors (Lipinski definition) is 1. The van der Waals surface area contributed by atoms with Crippen LogP contribution in [0.4, 0.5) is 5.69 Å². The fourth-order valence-corrected chi connectivity index (χ4v) is 2.34. The molecule has 0 saturated carbocycles. The van der Waals surface area contributed by atoms with Crippen LogP contribution in [0.3, 0.4) is 0 Å². The van der Waals surface area contributed by atoms with Gasteiger partial charge in [-0.15, -0.1) is 0 Å². The lowest BCUT2D eigenvalue weighted by molar-refractivity contribution is 0.402. The molecule has 0 spiro atoms. The molecule has 2 aromatic carbocycles. The van der Waals surface area contributed by atoms with E-state index in [2.05, 4.69) is 61.6 Å². The summed E-state index contributed by atoms with van der Waals surface area (Å²) in [5.41, 5.74) is 4.20. The van der Waals surface area contributed by atoms with E-state index in [0.29, 0.717) is 5.56 Å². The summed E-state index contributed by atoms with van der Waals surface area (Å²) < 4.78 is 0. The molecule has 108 valence electrons. The smallest absolute Gasteiger partial charge is 0.0992 e. The number of rotatable bonds is 5. The van der Waals surface area contributed by atoms with Gasteiger partial charge in [0.25, 0.3) is 0 Å². The van der Waals surface area contributed by atoms with E-state index < -0.39 is 0 Å². The van der Waals surface area contributed by atoms with Gasteiger partial charge in [-0.2, -0.15) is 5.26 Å². The molecule has 0 radical (unpaired) electrons. The van der Waals surface area contributed by atoms with Gasteiger partial charge in [-0.05, 0) is 50.3 Å². The first-order valence-corrected chi connectivity index (χ1v) is 7.09. The standard InChI is InChI=1S/C18H21N3/c1-14(20-18-9-5-6-15(11-18)12-19)17-8-4-7-16(10-17)13-21(2)3/h4-11,14,20H,13H2,1-3H3/t14-/m1/s1. The quantitative estimate of drug-likeness (QED) is 0.905. The Morgan fingerprint density at radius 3 is 2.62 bits per heavy atom. The largest absolute Gasteiger partial charge is 0.378 e. The Morgan fingerprint density at radius 1 is 1.14 bits per heavy atom. The summed E-state index contributed by atoms with van der Waals surface area (Å²) in [6.07, 6.45) is 0. The Morgan fingerprint density at radius 2 is 1.90 bits per heavy atom. The van der Waals surface area contributed by atoms with E-state index in [4.69, 9.17) is 5.26 Å². The molecule has 21 heavy (non-hydrogen) atoms. The predicted molar refractivity (Wildman–Crippen MR) is 87.0 cm³/mol. The summed E-state index contributed by atoms with van der Waals surface area (Å²) in [5.74, 6) is 0. The fourth-order valence-electron chi connectivity index (χ4n) is 2.34. The third-order valence-electron chi connectivity index (χ3n) is 3.32. The average molecular weight is 279 g/mol. The zero-order valence-corrected chi connectivity index (χ0v) is 12.8. The lowest BCUT2D eigenvalue weighted by Gasteiger charge is -2.18. The van der Waals surface area contributed by atoms with Gasteiger partial charge in [0.15, 0.2) is 0 Å². The lowest BCUT2D eigenvalue weighted by Crippen LogP contribution is -2.12. The molecule has 0 aliphatic rings. The van der Waals surface area contributed by atoms with E-state index in [9.17, 15) is 0 Å². The maximum atomic E-state index is 8.95. The van der Waals surface area contributed by atoms with Gasteiger partial charge < -0.3 is 10.2 Å². The molecule has 1 atom stereocenters. The van der Waals surface area contributed by atoms with Crippen molar-refractivity contribution in [3.05, 3.63) is 65.2 Å². The van der Waals surface area contributed by atoms with Gasteiger partial charge in [0, 0.05) is 18.3 Å². The first kappa shape index (κ1) is 15.1. The zero-order chi connectivity index (χ0) is 15.2. The van der Waals surface area contributed by atoms with Crippen molar-refractivity contribution < 1.29 is 0 Å². The van der Waals surface area contributed by atoms with Crippen LogP contribution in [-0.4, -0.2) is 19.0 Å². The molecule has 3 nitrogen and oxygen atoms in total. The molecule has 0 aromatic heterocycles. The molecule has 1 N–H and O–H groups in total. The van der Waals surface area contributed by atoms with E-state index in [0.717, 1.165) is 12.2 Å². The monoisotopic (exact) mass is 279 g/mol. The van der Waals surface area contributed by atoms with E-state index in [1.165, 1.54) is 11.1 Å². The van der Waals surface area contributed by atoms with Crippen LogP contribution in [0.25, 0.3) is 0 Å². The highest BCUT2D eigenvalue weighted by atomic mass is 15.0. The molecule has 0 unspecified atom stereocenters. The van der Waals surface area contributed by atoms with Crippen molar-refractivity contribution in [3.8, 4) is 6.07 Å². The second-order valence-electron chi connectivity index (χ2n) is 5.54. The van der Waals surface area contributed by atoms with E-state index >= 15 is 0 Å². The Bertz CT molecular complexity index is 641. The lowest BCUT2D eigenvalue weighted by atomic mass is 10.0. The number of benzene rings is 2. The highest BCUT2D eigenvalue weighted by Crippen LogP contribution is 2.21. The first-order valence-electron chi connectivity index (χ1n) is 7.09. The van der Waals surface area contributed by atoms with Gasteiger partial charge in [0.05, 0.1) is 11.6 Å². The molecule has 2 aromatic rings. The van der Waals surface area contributed by atoms with Crippen LogP contribution in [0.15, 0.2) is 48.5 Å². The van der Waals surface area contributed by atoms with Crippen molar-refractivity contribution >= 4 is 5.69 Å². The van der Waals surface area contributed by atoms with Crippen molar-refractivity contribution in [1.29, 1.82) is 5.26 Å². The maximum absolute atomic E-state index is 8.95. The summed E-state index contributed by atoms with van der Waals surface area (Å²) in [5, 5.41) is 12.4. The summed E-state index contributed by atoms with van der Waals surface area (Å²) in [6.45, 7) is 3.07. The number of nitrogens with zero attached hydrogens (tertiary/aromatic N) is 2. The molecule has 2 rings (SSSR count). The molecule has 0 fully saturated rings. The van der Waals surface area contributed by atoms with Crippen LogP contribution >= 0.6 is 0 Å². The Labute approximate surface area is 126 Å². The Balaban J connectivity index is 2.12. The second kappa shape index (κ2) is 6.92. The molecule has 0 aliphatic carbocycles. The first-order chi connectivity index (χ1) is 10.1. The van der Waals surface area contributed by atoms with E-state index in [1.54, 1.807) is 0 Å². The molecule has 3 heteroatoms. The molecule has 0 bridgehead atoms. The minimum absolute atomic E-state index is 0.195. The van der Waals surface area contributed by atoms with Gasteiger partial charge in [-0.1, -0.05) is 30.3 Å². The third-order valence-corrected chi connectivity index (χ3v) is 3.32. The van der Waals surface area contributed by atoms with Crippen LogP contribution < -0.4 is 5.32 Å². The van der Waals surface area contributed by atoms with Gasteiger partial charge in [0.1, 0.15) is 0 Å². The van der Waals surface area contributed by atoms with E-state index in [-0.39, 0.29) is 6.04 Å². The minimum atomic E-state index is 0.195. The minimum Gasteiger partial charge on any atom is -0.378 e. The van der Waals surface area contributed by atoms with Crippen LogP contribution in [-0.2, 0) is 6.54 Å². The summed E-state index contributed by atoms with van der Waals surface area (Å²) in [7, 11) is 4.14. The topological polar surface area (TPSA) is 39.1 Å². The highest BCUT2D eigenvalue weighted by molar-refractivity contribution is 5.50. The Hall–Kier alpha value is -2.31. The molecule has 0 heterocycles. The maximum Gasteiger partial charge on any atom is 0.0992 e. The highest BCUT2D eigenvalue weighted by Gasteiger charge is 2.07. The zero-order valence-electron chi connectivity index (χ0n) is 12.8. The molecule has 0 aliphatic heterocycles. The van der Waals surface area contributed by atoms with Gasteiger partial charge in [0.2, 0.25) is 0 Å². The van der Waals surface area contributed by atoms with Crippen LogP contribution in [0, 0.1) is 11.3 Å². The molecule has 0 saturated heterocycles. The molecule has 0 amide bonds. The molecular weight excluding hydrogens is 258 g/mol. The number of nitrogens with one attached hydrogen (secondary N) is 1. The van der Waals surface area contributed by atoms with Crippen LogP contribution in [0.5, 0.6) is 0 Å². The SMILES string of the molecule is C[C@@H](Nc1cccc(C#N)c1)c1cccc(CN(C)C)c1. The Kier molecular flexibility index (Phi) is 4.97. The number of hydrogen-bond acceptors (Lipinski definition) is 3.